The highest BCUT2D eigenvalue weighted by Crippen LogP contribution is 2.40. The van der Waals surface area contributed by atoms with Gasteiger partial charge in [-0.2, -0.15) is 5.10 Å². The highest BCUT2D eigenvalue weighted by molar-refractivity contribution is 5.62. The van der Waals surface area contributed by atoms with E-state index in [0.717, 1.165) is 5.92 Å². The lowest BCUT2D eigenvalue weighted by Gasteiger charge is -2.00. The molecule has 1 fully saturated rings. The van der Waals surface area contributed by atoms with Crippen LogP contribution in [0.25, 0.3) is 11.1 Å². The molecule has 0 atom stereocenters. The predicted octanol–water partition coefficient (Wildman–Crippen LogP) is 2.96. The van der Waals surface area contributed by atoms with Gasteiger partial charge in [-0.1, -0.05) is 24.3 Å². The Bertz CT molecular complexity index is 464. The van der Waals surface area contributed by atoms with Crippen molar-refractivity contribution in [1.82, 2.24) is 9.78 Å². The van der Waals surface area contributed by atoms with Crippen LogP contribution in [-0.2, 0) is 7.05 Å². The maximum atomic E-state index is 4.18. The molecule has 2 nitrogen and oxygen atoms in total. The fourth-order valence-corrected chi connectivity index (χ4v) is 1.93. The summed E-state index contributed by atoms with van der Waals surface area (Å²) >= 11 is 0. The van der Waals surface area contributed by atoms with Gasteiger partial charge >= 0.3 is 0 Å². The Kier molecular flexibility index (Phi) is 1.88. The average molecular weight is 198 g/mol. The first-order valence-corrected chi connectivity index (χ1v) is 5.42. The van der Waals surface area contributed by atoms with E-state index in [1.54, 1.807) is 0 Å². The Morgan fingerprint density at radius 3 is 2.40 bits per heavy atom. The van der Waals surface area contributed by atoms with E-state index in [2.05, 4.69) is 29.4 Å². The lowest BCUT2D eigenvalue weighted by molar-refractivity contribution is 0.768. The van der Waals surface area contributed by atoms with Crippen LogP contribution in [0.15, 0.2) is 36.7 Å². The lowest BCUT2D eigenvalue weighted by atomic mass is 10.1. The van der Waals surface area contributed by atoms with Crippen molar-refractivity contribution in [2.45, 2.75) is 18.8 Å². The Morgan fingerprint density at radius 1 is 1.13 bits per heavy atom. The number of benzene rings is 1. The molecule has 0 bridgehead atoms. The van der Waals surface area contributed by atoms with Gasteiger partial charge in [0, 0.05) is 18.8 Å². The summed E-state index contributed by atoms with van der Waals surface area (Å²) in [5.74, 6) is 0.841. The van der Waals surface area contributed by atoms with Crippen LogP contribution in [0.1, 0.15) is 24.3 Å². The molecule has 0 spiro atoms. The highest BCUT2D eigenvalue weighted by Gasteiger charge is 2.22. The monoisotopic (exact) mass is 198 g/mol. The first-order valence-electron chi connectivity index (χ1n) is 5.42. The van der Waals surface area contributed by atoms with Crippen molar-refractivity contribution in [2.75, 3.05) is 0 Å². The molecule has 2 heteroatoms. The van der Waals surface area contributed by atoms with Crippen molar-refractivity contribution >= 4 is 0 Å². The van der Waals surface area contributed by atoms with Crippen LogP contribution >= 0.6 is 0 Å². The SMILES string of the molecule is Cn1cc(-c2ccc(C3CC3)cc2)cn1. The quantitative estimate of drug-likeness (QED) is 0.725. The second-order valence-electron chi connectivity index (χ2n) is 4.30. The van der Waals surface area contributed by atoms with Gasteiger partial charge in [0.2, 0.25) is 0 Å². The molecule has 0 amide bonds. The maximum Gasteiger partial charge on any atom is 0.0568 e. The van der Waals surface area contributed by atoms with E-state index < -0.39 is 0 Å². The predicted molar refractivity (Wildman–Crippen MR) is 60.6 cm³/mol. The fraction of sp³-hybridized carbons (Fsp3) is 0.308. The molecule has 1 saturated carbocycles. The molecule has 1 heterocycles. The van der Waals surface area contributed by atoms with Gasteiger partial charge in [0.25, 0.3) is 0 Å². The van der Waals surface area contributed by atoms with Crippen LogP contribution in [0.2, 0.25) is 0 Å². The lowest BCUT2D eigenvalue weighted by Crippen LogP contribution is -1.84. The molecular formula is C13H14N2. The molecule has 0 saturated heterocycles. The highest BCUT2D eigenvalue weighted by atomic mass is 15.2. The Hall–Kier alpha value is -1.57. The first-order chi connectivity index (χ1) is 7.33. The molecule has 1 aliphatic rings. The number of nitrogens with zero attached hydrogens (tertiary/aromatic N) is 2. The molecule has 0 aliphatic heterocycles. The number of aromatic nitrogens is 2. The van der Waals surface area contributed by atoms with Gasteiger partial charge in [0.05, 0.1) is 6.20 Å². The summed E-state index contributed by atoms with van der Waals surface area (Å²) < 4.78 is 1.84. The summed E-state index contributed by atoms with van der Waals surface area (Å²) in [7, 11) is 1.95. The summed E-state index contributed by atoms with van der Waals surface area (Å²) in [5, 5.41) is 4.18. The maximum absolute atomic E-state index is 4.18. The molecule has 15 heavy (non-hydrogen) atoms. The van der Waals surface area contributed by atoms with Crippen molar-refractivity contribution in [3.63, 3.8) is 0 Å². The minimum absolute atomic E-state index is 0.841. The molecule has 1 aromatic carbocycles. The van der Waals surface area contributed by atoms with Gasteiger partial charge in [0.1, 0.15) is 0 Å². The van der Waals surface area contributed by atoms with Gasteiger partial charge in [-0.25, -0.2) is 0 Å². The third-order valence-electron chi connectivity index (χ3n) is 3.00. The number of hydrogen-bond donors (Lipinski definition) is 0. The minimum atomic E-state index is 0.841. The Morgan fingerprint density at radius 2 is 1.87 bits per heavy atom. The van der Waals surface area contributed by atoms with E-state index in [1.807, 2.05) is 24.1 Å². The molecule has 0 radical (unpaired) electrons. The van der Waals surface area contributed by atoms with Gasteiger partial charge < -0.3 is 0 Å². The molecule has 0 unspecified atom stereocenters. The smallest absolute Gasteiger partial charge is 0.0568 e. The summed E-state index contributed by atoms with van der Waals surface area (Å²) in [4.78, 5) is 0. The van der Waals surface area contributed by atoms with E-state index in [0.29, 0.717) is 0 Å². The second-order valence-corrected chi connectivity index (χ2v) is 4.30. The molecular weight excluding hydrogens is 184 g/mol. The zero-order valence-corrected chi connectivity index (χ0v) is 8.85. The van der Waals surface area contributed by atoms with E-state index in [1.165, 1.54) is 29.5 Å². The molecule has 0 N–H and O–H groups in total. The van der Waals surface area contributed by atoms with Crippen LogP contribution in [0.5, 0.6) is 0 Å². The normalized spacial score (nSPS) is 15.5. The average Bonchev–Trinajstić information content (AvgIpc) is 3.02. The Balaban J connectivity index is 1.92. The van der Waals surface area contributed by atoms with Gasteiger partial charge in [-0.3, -0.25) is 4.68 Å². The van der Waals surface area contributed by atoms with Crippen molar-refractivity contribution in [2.24, 2.45) is 7.05 Å². The molecule has 1 aromatic heterocycles. The third kappa shape index (κ3) is 1.67. The largest absolute Gasteiger partial charge is 0.275 e. The van der Waals surface area contributed by atoms with Crippen LogP contribution in [0, 0.1) is 0 Å². The first kappa shape index (κ1) is 8.72. The van der Waals surface area contributed by atoms with E-state index in [9.17, 15) is 0 Å². The second kappa shape index (κ2) is 3.23. The number of hydrogen-bond acceptors (Lipinski definition) is 1. The van der Waals surface area contributed by atoms with Gasteiger partial charge in [-0.15, -0.1) is 0 Å². The molecule has 2 aromatic rings. The van der Waals surface area contributed by atoms with Crippen LogP contribution in [-0.4, -0.2) is 9.78 Å². The topological polar surface area (TPSA) is 17.8 Å². The van der Waals surface area contributed by atoms with Crippen LogP contribution < -0.4 is 0 Å². The summed E-state index contributed by atoms with van der Waals surface area (Å²) in [6.45, 7) is 0. The summed E-state index contributed by atoms with van der Waals surface area (Å²) in [6.07, 6.45) is 6.69. The number of aryl methyl sites for hydroxylation is 1. The van der Waals surface area contributed by atoms with Crippen molar-refractivity contribution < 1.29 is 0 Å². The zero-order valence-electron chi connectivity index (χ0n) is 8.85. The van der Waals surface area contributed by atoms with Gasteiger partial charge in [0.15, 0.2) is 0 Å². The van der Waals surface area contributed by atoms with E-state index in [4.69, 9.17) is 0 Å². The third-order valence-corrected chi connectivity index (χ3v) is 3.00. The number of rotatable bonds is 2. The van der Waals surface area contributed by atoms with Crippen molar-refractivity contribution in [1.29, 1.82) is 0 Å². The Labute approximate surface area is 89.5 Å². The van der Waals surface area contributed by atoms with E-state index in [-0.39, 0.29) is 0 Å². The minimum Gasteiger partial charge on any atom is -0.275 e. The van der Waals surface area contributed by atoms with Gasteiger partial charge in [-0.05, 0) is 29.9 Å². The van der Waals surface area contributed by atoms with Crippen molar-refractivity contribution in [3.05, 3.63) is 42.2 Å². The van der Waals surface area contributed by atoms with Crippen LogP contribution in [0.4, 0.5) is 0 Å². The fourth-order valence-electron chi connectivity index (χ4n) is 1.93. The summed E-state index contributed by atoms with van der Waals surface area (Å²) in [5.41, 5.74) is 3.94. The molecule has 3 rings (SSSR count). The summed E-state index contributed by atoms with van der Waals surface area (Å²) in [6, 6.07) is 8.90. The molecule has 76 valence electrons. The standard InChI is InChI=1S/C13H14N2/c1-15-9-13(8-14-15)12-6-4-11(5-7-12)10-2-3-10/h4-10H,2-3H2,1H3. The zero-order chi connectivity index (χ0) is 10.3. The van der Waals surface area contributed by atoms with Crippen molar-refractivity contribution in [3.8, 4) is 11.1 Å². The molecule has 1 aliphatic carbocycles. The van der Waals surface area contributed by atoms with E-state index >= 15 is 0 Å². The van der Waals surface area contributed by atoms with Crippen LogP contribution in [0.3, 0.4) is 0 Å².